The fraction of sp³-hybridized carbons (Fsp3) is 0.200. The van der Waals surface area contributed by atoms with Gasteiger partial charge in [0.1, 0.15) is 0 Å². The van der Waals surface area contributed by atoms with Crippen molar-refractivity contribution in [1.82, 2.24) is 0 Å². The zero-order chi connectivity index (χ0) is 6.41. The van der Waals surface area contributed by atoms with E-state index in [9.17, 15) is 0 Å². The number of rotatable bonds is 1. The van der Waals surface area contributed by atoms with E-state index in [0.29, 0.717) is 3.84 Å². The van der Waals surface area contributed by atoms with Crippen LogP contribution in [0.1, 0.15) is 6.92 Å². The molecule has 0 bridgehead atoms. The van der Waals surface area contributed by atoms with Crippen LogP contribution in [0, 0.1) is 0 Å². The van der Waals surface area contributed by atoms with Crippen LogP contribution in [0.5, 0.6) is 0 Å². The summed E-state index contributed by atoms with van der Waals surface area (Å²) in [5.74, 6) is 0. The number of halogens is 1. The topological polar surface area (TPSA) is 24.7 Å². The molecule has 0 aliphatic carbocycles. The first kappa shape index (κ1) is 7.81. The minimum absolute atomic E-state index is 0.708. The van der Waals surface area contributed by atoms with Crippen molar-refractivity contribution >= 4 is 32.6 Å². The van der Waals surface area contributed by atoms with Gasteiger partial charge in [-0.15, -0.1) is 0 Å². The maximum absolute atomic E-state index is 3.85. The molecule has 0 rings (SSSR count). The molecule has 0 fully saturated rings. The molecule has 0 aromatic heterocycles. The van der Waals surface area contributed by atoms with Crippen LogP contribution < -0.4 is 0 Å². The summed E-state index contributed by atoms with van der Waals surface area (Å²) in [7, 11) is 0. The van der Waals surface area contributed by atoms with E-state index in [4.69, 9.17) is 0 Å². The molecule has 0 atom stereocenters. The molecule has 3 heteroatoms. The van der Waals surface area contributed by atoms with Gasteiger partial charge in [-0.1, -0.05) is 6.58 Å². The molecule has 0 spiro atoms. The fourth-order valence-corrected chi connectivity index (χ4v) is 0.691. The quantitative estimate of drug-likeness (QED) is 0.280. The first-order valence-corrected chi connectivity index (χ1v) is 3.22. The van der Waals surface area contributed by atoms with Crippen LogP contribution in [-0.4, -0.2) is 10.1 Å². The fourth-order valence-electron chi connectivity index (χ4n) is 0.215. The van der Waals surface area contributed by atoms with Gasteiger partial charge in [0.25, 0.3) is 0 Å². The van der Waals surface area contributed by atoms with Gasteiger partial charge in [0, 0.05) is 35.0 Å². The normalized spacial score (nSPS) is 12.5. The number of hydrogen-bond donors (Lipinski definition) is 0. The molecule has 0 heterocycles. The maximum Gasteiger partial charge on any atom is 0.190 e. The molecule has 44 valence electrons. The third-order valence-electron chi connectivity index (χ3n) is 0.433. The lowest BCUT2D eigenvalue weighted by Gasteiger charge is -1.79. The summed E-state index contributed by atoms with van der Waals surface area (Å²) in [5.41, 5.74) is 0. The van der Waals surface area contributed by atoms with Crippen LogP contribution in [0.4, 0.5) is 0 Å². The molecule has 0 aromatic rings. The van der Waals surface area contributed by atoms with E-state index in [1.165, 1.54) is 6.20 Å². The van der Waals surface area contributed by atoms with Crippen LogP contribution in [-0.2, 0) is 0 Å². The zero-order valence-corrected chi connectivity index (χ0v) is 6.79. The molecule has 0 aliphatic rings. The molecule has 0 saturated carbocycles. The van der Waals surface area contributed by atoms with E-state index in [0.717, 1.165) is 0 Å². The van der Waals surface area contributed by atoms with Crippen molar-refractivity contribution in [2.75, 3.05) is 0 Å². The minimum atomic E-state index is 0.708. The number of aliphatic imine (C=N–C) groups is 2. The summed E-state index contributed by atoms with van der Waals surface area (Å²) < 4.78 is 0.708. The Morgan fingerprint density at radius 3 is 2.75 bits per heavy atom. The summed E-state index contributed by atoms with van der Waals surface area (Å²) in [6, 6.07) is 0. The highest BCUT2D eigenvalue weighted by Crippen LogP contribution is 1.90. The van der Waals surface area contributed by atoms with Gasteiger partial charge >= 0.3 is 0 Å². The van der Waals surface area contributed by atoms with Crippen LogP contribution in [0.25, 0.3) is 0 Å². The van der Waals surface area contributed by atoms with Crippen LogP contribution >= 0.6 is 22.6 Å². The Balaban J connectivity index is 3.79. The van der Waals surface area contributed by atoms with Crippen molar-refractivity contribution in [1.29, 1.82) is 0 Å². The molecule has 0 N–H and O–H groups in total. The second-order valence-electron chi connectivity index (χ2n) is 0.968. The molecular formula is C5H7IN2. The van der Waals surface area contributed by atoms with Gasteiger partial charge in [0.2, 0.25) is 0 Å². The Morgan fingerprint density at radius 1 is 1.75 bits per heavy atom. The minimum Gasteiger partial charge on any atom is -0.236 e. The lowest BCUT2D eigenvalue weighted by Crippen LogP contribution is -1.75. The van der Waals surface area contributed by atoms with Gasteiger partial charge in [-0.05, 0) is 6.92 Å². The zero-order valence-electron chi connectivity index (χ0n) is 4.63. The Morgan fingerprint density at radius 2 is 2.38 bits per heavy atom. The Kier molecular flexibility index (Phi) is 4.84. The predicted octanol–water partition coefficient (Wildman–Crippen LogP) is 2.01. The Bertz CT molecular complexity index is 126. The van der Waals surface area contributed by atoms with Gasteiger partial charge in [0.05, 0.1) is 0 Å². The van der Waals surface area contributed by atoms with Crippen molar-refractivity contribution in [3.05, 3.63) is 12.8 Å². The number of nitrogens with zero attached hydrogens (tertiary/aromatic N) is 2. The lowest BCUT2D eigenvalue weighted by molar-refractivity contribution is 1.57. The second kappa shape index (κ2) is 4.96. The second-order valence-corrected chi connectivity index (χ2v) is 1.93. The van der Waals surface area contributed by atoms with Crippen molar-refractivity contribution in [3.63, 3.8) is 0 Å². The third-order valence-corrected chi connectivity index (χ3v) is 0.991. The highest BCUT2D eigenvalue weighted by Gasteiger charge is 1.77. The standard InChI is InChI=1S/C5H7IN2/c1-3-7-5(6)8-4-2/h3-4H,1H2,2H3. The van der Waals surface area contributed by atoms with Gasteiger partial charge in [-0.25, -0.2) is 9.98 Å². The molecule has 0 amide bonds. The summed E-state index contributed by atoms with van der Waals surface area (Å²) in [6.45, 7) is 5.26. The van der Waals surface area contributed by atoms with Crippen LogP contribution in [0.15, 0.2) is 22.8 Å². The van der Waals surface area contributed by atoms with E-state index in [1.807, 2.05) is 29.5 Å². The van der Waals surface area contributed by atoms with Crippen LogP contribution in [0.3, 0.4) is 0 Å². The first-order valence-electron chi connectivity index (χ1n) is 2.14. The van der Waals surface area contributed by atoms with Gasteiger partial charge in [-0.2, -0.15) is 0 Å². The molecule has 2 nitrogen and oxygen atoms in total. The average Bonchev–Trinajstić information content (AvgIpc) is 1.68. The highest BCUT2D eigenvalue weighted by molar-refractivity contribution is 14.1. The highest BCUT2D eigenvalue weighted by atomic mass is 127. The third kappa shape index (κ3) is 3.98. The van der Waals surface area contributed by atoms with Gasteiger partial charge in [0.15, 0.2) is 3.84 Å². The van der Waals surface area contributed by atoms with Gasteiger partial charge in [-0.3, -0.25) is 0 Å². The maximum atomic E-state index is 3.85. The summed E-state index contributed by atoms with van der Waals surface area (Å²) >= 11 is 2.02. The summed E-state index contributed by atoms with van der Waals surface area (Å²) in [4.78, 5) is 7.64. The van der Waals surface area contributed by atoms with E-state index in [1.54, 1.807) is 6.21 Å². The van der Waals surface area contributed by atoms with E-state index >= 15 is 0 Å². The Labute approximate surface area is 62.6 Å². The van der Waals surface area contributed by atoms with Crippen molar-refractivity contribution in [3.8, 4) is 0 Å². The van der Waals surface area contributed by atoms with E-state index in [2.05, 4.69) is 16.6 Å². The summed E-state index contributed by atoms with van der Waals surface area (Å²) in [6.07, 6.45) is 3.16. The lowest BCUT2D eigenvalue weighted by atomic mass is 10.9. The molecule has 8 heavy (non-hydrogen) atoms. The monoisotopic (exact) mass is 222 g/mol. The first-order chi connectivity index (χ1) is 3.81. The van der Waals surface area contributed by atoms with Crippen molar-refractivity contribution in [2.45, 2.75) is 6.92 Å². The van der Waals surface area contributed by atoms with Crippen molar-refractivity contribution in [2.24, 2.45) is 9.98 Å². The number of hydrogen-bond acceptors (Lipinski definition) is 1. The molecule has 0 aromatic carbocycles. The largest absolute Gasteiger partial charge is 0.236 e. The molecular weight excluding hydrogens is 215 g/mol. The van der Waals surface area contributed by atoms with Crippen LogP contribution in [0.2, 0.25) is 0 Å². The average molecular weight is 222 g/mol. The summed E-state index contributed by atoms with van der Waals surface area (Å²) in [5, 5.41) is 0. The predicted molar refractivity (Wildman–Crippen MR) is 45.8 cm³/mol. The smallest absolute Gasteiger partial charge is 0.190 e. The number of amidine groups is 1. The molecule has 0 unspecified atom stereocenters. The molecule has 0 aliphatic heterocycles. The molecule has 0 saturated heterocycles. The van der Waals surface area contributed by atoms with E-state index < -0.39 is 0 Å². The van der Waals surface area contributed by atoms with Crippen molar-refractivity contribution < 1.29 is 0 Å². The molecule has 0 radical (unpaired) electrons. The van der Waals surface area contributed by atoms with Gasteiger partial charge < -0.3 is 0 Å². The Hall–Kier alpha value is -0.190. The van der Waals surface area contributed by atoms with E-state index in [-0.39, 0.29) is 0 Å². The SMILES string of the molecule is C=CN=C(I)N=CC.